The number of hydrogen-bond donors (Lipinski definition) is 2. The van der Waals surface area contributed by atoms with Crippen LogP contribution < -0.4 is 5.32 Å². The summed E-state index contributed by atoms with van der Waals surface area (Å²) in [4.78, 5) is 12.6. The predicted molar refractivity (Wildman–Crippen MR) is 96.9 cm³/mol. The highest BCUT2D eigenvalue weighted by Gasteiger charge is 2.33. The van der Waals surface area contributed by atoms with Crippen LogP contribution in [0.15, 0.2) is 48.5 Å². The third-order valence-electron chi connectivity index (χ3n) is 5.06. The first kappa shape index (κ1) is 16.7. The molecule has 1 aliphatic rings. The van der Waals surface area contributed by atoms with Gasteiger partial charge in [0.05, 0.1) is 6.10 Å². The average Bonchev–Trinajstić information content (AvgIpc) is 2.57. The summed E-state index contributed by atoms with van der Waals surface area (Å²) < 4.78 is 0. The second kappa shape index (κ2) is 7.18. The van der Waals surface area contributed by atoms with Crippen LogP contribution in [0.2, 0.25) is 0 Å². The molecule has 0 radical (unpaired) electrons. The van der Waals surface area contributed by atoms with Crippen molar-refractivity contribution < 1.29 is 9.90 Å². The van der Waals surface area contributed by atoms with Crippen molar-refractivity contribution in [3.8, 4) is 11.1 Å². The quantitative estimate of drug-likeness (QED) is 0.875. The number of aryl methyl sites for hydroxylation is 1. The second-order valence-corrected chi connectivity index (χ2v) is 6.77. The zero-order valence-corrected chi connectivity index (χ0v) is 14.3. The molecule has 0 heterocycles. The summed E-state index contributed by atoms with van der Waals surface area (Å²) >= 11 is 0. The zero-order valence-electron chi connectivity index (χ0n) is 14.3. The Morgan fingerprint density at radius 2 is 1.96 bits per heavy atom. The fraction of sp³-hybridized carbons (Fsp3) is 0.381. The molecule has 2 N–H and O–H groups in total. The first-order chi connectivity index (χ1) is 11.6. The first-order valence-corrected chi connectivity index (χ1v) is 8.73. The van der Waals surface area contributed by atoms with Crippen molar-refractivity contribution in [2.45, 2.75) is 45.3 Å². The highest BCUT2D eigenvalue weighted by molar-refractivity contribution is 5.95. The summed E-state index contributed by atoms with van der Waals surface area (Å²) in [5, 5.41) is 12.6. The van der Waals surface area contributed by atoms with Crippen LogP contribution in [-0.2, 0) is 0 Å². The summed E-state index contributed by atoms with van der Waals surface area (Å²) in [5.41, 5.74) is 4.10. The molecule has 1 saturated carbocycles. The van der Waals surface area contributed by atoms with Crippen molar-refractivity contribution in [3.63, 3.8) is 0 Å². The van der Waals surface area contributed by atoms with Crippen LogP contribution in [-0.4, -0.2) is 23.2 Å². The maximum Gasteiger partial charge on any atom is 0.251 e. The molecule has 3 heteroatoms. The molecule has 2 aromatic carbocycles. The van der Waals surface area contributed by atoms with Gasteiger partial charge in [-0.1, -0.05) is 43.3 Å². The smallest absolute Gasteiger partial charge is 0.251 e. The van der Waals surface area contributed by atoms with Crippen molar-refractivity contribution in [1.82, 2.24) is 5.32 Å². The molecule has 0 spiro atoms. The maximum absolute atomic E-state index is 12.6. The van der Waals surface area contributed by atoms with E-state index in [0.717, 1.165) is 30.4 Å². The monoisotopic (exact) mass is 323 g/mol. The van der Waals surface area contributed by atoms with Crippen molar-refractivity contribution in [2.24, 2.45) is 5.92 Å². The molecule has 1 fully saturated rings. The van der Waals surface area contributed by atoms with Gasteiger partial charge >= 0.3 is 0 Å². The zero-order chi connectivity index (χ0) is 17.1. The van der Waals surface area contributed by atoms with Gasteiger partial charge in [-0.3, -0.25) is 4.79 Å². The van der Waals surface area contributed by atoms with Gasteiger partial charge in [-0.25, -0.2) is 0 Å². The lowest BCUT2D eigenvalue weighted by Crippen LogP contribution is -2.46. The molecule has 3 nitrogen and oxygen atoms in total. The molecule has 1 aliphatic carbocycles. The van der Waals surface area contributed by atoms with Gasteiger partial charge in [0.25, 0.3) is 5.91 Å². The van der Waals surface area contributed by atoms with Crippen LogP contribution in [0.4, 0.5) is 0 Å². The Morgan fingerprint density at radius 1 is 1.21 bits per heavy atom. The van der Waals surface area contributed by atoms with Crippen LogP contribution in [0, 0.1) is 12.8 Å². The van der Waals surface area contributed by atoms with Crippen molar-refractivity contribution >= 4 is 5.91 Å². The Morgan fingerprint density at radius 3 is 2.62 bits per heavy atom. The van der Waals surface area contributed by atoms with E-state index >= 15 is 0 Å². The standard InChI is InChI=1S/C21H25NO2/c1-3-20(17-12-18(23)13-17)22-21(24)16-9-6-8-15(11-16)19-10-5-4-7-14(19)2/h4-11,17-18,20,23H,3,12-13H2,1-2H3,(H,22,24). The van der Waals surface area contributed by atoms with Crippen molar-refractivity contribution in [3.05, 3.63) is 59.7 Å². The minimum absolute atomic E-state index is 0.0290. The van der Waals surface area contributed by atoms with E-state index in [4.69, 9.17) is 0 Å². The molecule has 126 valence electrons. The average molecular weight is 323 g/mol. The van der Waals surface area contributed by atoms with Gasteiger partial charge in [-0.05, 0) is 60.9 Å². The number of rotatable bonds is 5. The fourth-order valence-electron chi connectivity index (χ4n) is 3.49. The summed E-state index contributed by atoms with van der Waals surface area (Å²) in [6.07, 6.45) is 2.29. The molecular formula is C21H25NO2. The van der Waals surface area contributed by atoms with Gasteiger partial charge in [0.1, 0.15) is 0 Å². The van der Waals surface area contributed by atoms with Gasteiger partial charge in [0.2, 0.25) is 0 Å². The topological polar surface area (TPSA) is 49.3 Å². The van der Waals surface area contributed by atoms with E-state index in [1.54, 1.807) is 0 Å². The van der Waals surface area contributed by atoms with E-state index in [1.807, 2.05) is 36.4 Å². The Hall–Kier alpha value is -2.13. The van der Waals surface area contributed by atoms with Crippen molar-refractivity contribution in [1.29, 1.82) is 0 Å². The second-order valence-electron chi connectivity index (χ2n) is 6.77. The summed E-state index contributed by atoms with van der Waals surface area (Å²) in [5.74, 6) is 0.368. The van der Waals surface area contributed by atoms with Crippen LogP contribution in [0.25, 0.3) is 11.1 Å². The number of amides is 1. The molecule has 0 aromatic heterocycles. The highest BCUT2D eigenvalue weighted by atomic mass is 16.3. The third-order valence-corrected chi connectivity index (χ3v) is 5.06. The van der Waals surface area contributed by atoms with E-state index in [0.29, 0.717) is 11.5 Å². The lowest BCUT2D eigenvalue weighted by atomic mass is 9.76. The summed E-state index contributed by atoms with van der Waals surface area (Å²) in [6.45, 7) is 4.16. The molecular weight excluding hydrogens is 298 g/mol. The van der Waals surface area contributed by atoms with Crippen LogP contribution >= 0.6 is 0 Å². The molecule has 0 aliphatic heterocycles. The third kappa shape index (κ3) is 3.51. The Bertz CT molecular complexity index is 719. The molecule has 0 saturated heterocycles. The number of carbonyl (C=O) groups excluding carboxylic acids is 1. The number of hydrogen-bond acceptors (Lipinski definition) is 2. The molecule has 1 amide bonds. The number of carbonyl (C=O) groups is 1. The van der Waals surface area contributed by atoms with Crippen LogP contribution in [0.1, 0.15) is 42.1 Å². The van der Waals surface area contributed by atoms with Gasteiger partial charge in [-0.2, -0.15) is 0 Å². The molecule has 3 rings (SSSR count). The van der Waals surface area contributed by atoms with Crippen molar-refractivity contribution in [2.75, 3.05) is 0 Å². The number of aliphatic hydroxyl groups excluding tert-OH is 1. The normalized spacial score (nSPS) is 21.0. The Kier molecular flexibility index (Phi) is 5.00. The van der Waals surface area contributed by atoms with Crippen LogP contribution in [0.5, 0.6) is 0 Å². The Labute approximate surface area is 143 Å². The van der Waals surface area contributed by atoms with Gasteiger partial charge < -0.3 is 10.4 Å². The lowest BCUT2D eigenvalue weighted by molar-refractivity contribution is 0.0232. The van der Waals surface area contributed by atoms with E-state index in [9.17, 15) is 9.90 Å². The molecule has 0 bridgehead atoms. The first-order valence-electron chi connectivity index (χ1n) is 8.73. The minimum Gasteiger partial charge on any atom is -0.393 e. The molecule has 1 atom stereocenters. The van der Waals surface area contributed by atoms with Gasteiger partial charge in [0, 0.05) is 11.6 Å². The maximum atomic E-state index is 12.6. The van der Waals surface area contributed by atoms with Gasteiger partial charge in [-0.15, -0.1) is 0 Å². The Balaban J connectivity index is 1.76. The van der Waals surface area contributed by atoms with E-state index in [1.165, 1.54) is 5.56 Å². The van der Waals surface area contributed by atoms with E-state index in [-0.39, 0.29) is 18.1 Å². The number of nitrogens with one attached hydrogen (secondary N) is 1. The van der Waals surface area contributed by atoms with Gasteiger partial charge in [0.15, 0.2) is 0 Å². The molecule has 1 unspecified atom stereocenters. The fourth-order valence-corrected chi connectivity index (χ4v) is 3.49. The predicted octanol–water partition coefficient (Wildman–Crippen LogP) is 3.94. The summed E-state index contributed by atoms with van der Waals surface area (Å²) in [6, 6.07) is 16.1. The highest BCUT2D eigenvalue weighted by Crippen LogP contribution is 2.31. The SMILES string of the molecule is CCC(NC(=O)c1cccc(-c2ccccc2C)c1)C1CC(O)C1. The lowest BCUT2D eigenvalue weighted by Gasteiger charge is -2.37. The number of benzene rings is 2. The number of aliphatic hydroxyl groups is 1. The summed E-state index contributed by atoms with van der Waals surface area (Å²) in [7, 11) is 0. The van der Waals surface area contributed by atoms with E-state index in [2.05, 4.69) is 31.3 Å². The molecule has 2 aromatic rings. The molecule has 24 heavy (non-hydrogen) atoms. The van der Waals surface area contributed by atoms with Crippen LogP contribution in [0.3, 0.4) is 0 Å². The largest absolute Gasteiger partial charge is 0.393 e. The minimum atomic E-state index is -0.190. The van der Waals surface area contributed by atoms with E-state index < -0.39 is 0 Å².